The first-order chi connectivity index (χ1) is 15.6. The third kappa shape index (κ3) is 4.13. The normalized spacial score (nSPS) is 16.3. The summed E-state index contributed by atoms with van der Waals surface area (Å²) >= 11 is 0. The number of carbonyl (C=O) groups excluding carboxylic acids is 1. The van der Waals surface area contributed by atoms with Crippen LogP contribution in [0.15, 0.2) is 47.3 Å². The zero-order chi connectivity index (χ0) is 22.1. The van der Waals surface area contributed by atoms with Crippen LogP contribution in [-0.4, -0.2) is 48.8 Å². The second-order valence-corrected chi connectivity index (χ2v) is 8.17. The van der Waals surface area contributed by atoms with E-state index in [1.807, 2.05) is 12.1 Å². The van der Waals surface area contributed by atoms with Gasteiger partial charge in [0.2, 0.25) is 6.79 Å². The third-order valence-corrected chi connectivity index (χ3v) is 6.05. The van der Waals surface area contributed by atoms with Crippen molar-refractivity contribution >= 4 is 16.8 Å². The number of benzene rings is 2. The lowest BCUT2D eigenvalue weighted by molar-refractivity contribution is 0.0904. The fourth-order valence-electron chi connectivity index (χ4n) is 4.28. The molecule has 0 aliphatic carbocycles. The maximum atomic E-state index is 12.8. The molecule has 0 atom stereocenters. The zero-order valence-electron chi connectivity index (χ0n) is 17.8. The minimum absolute atomic E-state index is 0.0695. The molecule has 0 bridgehead atoms. The Morgan fingerprint density at radius 1 is 1.12 bits per heavy atom. The van der Waals surface area contributed by atoms with E-state index in [4.69, 9.17) is 14.2 Å². The molecule has 5 rings (SSSR count). The highest BCUT2D eigenvalue weighted by molar-refractivity contribution is 5.95. The van der Waals surface area contributed by atoms with Gasteiger partial charge in [0, 0.05) is 43.2 Å². The Balaban J connectivity index is 1.19. The fraction of sp³-hybridized carbons (Fsp3) is 0.333. The van der Waals surface area contributed by atoms with E-state index in [2.05, 4.69) is 21.3 Å². The number of methoxy groups -OCH3 is 1. The van der Waals surface area contributed by atoms with Gasteiger partial charge in [-0.1, -0.05) is 6.07 Å². The van der Waals surface area contributed by atoms with Crippen LogP contribution in [0.2, 0.25) is 0 Å². The lowest BCUT2D eigenvalue weighted by Gasteiger charge is -2.32. The summed E-state index contributed by atoms with van der Waals surface area (Å²) in [6.07, 6.45) is 1.70. The van der Waals surface area contributed by atoms with Gasteiger partial charge in [-0.3, -0.25) is 14.5 Å². The molecule has 2 N–H and O–H groups in total. The number of carbonyl (C=O) groups is 1. The van der Waals surface area contributed by atoms with E-state index >= 15 is 0 Å². The van der Waals surface area contributed by atoms with Gasteiger partial charge in [-0.2, -0.15) is 0 Å². The SMILES string of the molecule is COc1ccc2c(=O)cc(C(=O)NC3CCN(Cc4ccc5c(c4)OCO5)CC3)[nH]c2c1. The summed E-state index contributed by atoms with van der Waals surface area (Å²) < 4.78 is 16.0. The summed E-state index contributed by atoms with van der Waals surface area (Å²) in [5, 5.41) is 3.60. The average molecular weight is 435 g/mol. The van der Waals surface area contributed by atoms with Crippen LogP contribution in [0.25, 0.3) is 10.9 Å². The molecule has 1 aromatic heterocycles. The number of H-pyrrole nitrogens is 1. The Morgan fingerprint density at radius 3 is 2.75 bits per heavy atom. The minimum Gasteiger partial charge on any atom is -0.497 e. The Morgan fingerprint density at radius 2 is 1.94 bits per heavy atom. The highest BCUT2D eigenvalue weighted by Crippen LogP contribution is 2.33. The van der Waals surface area contributed by atoms with Crippen LogP contribution in [0.1, 0.15) is 28.9 Å². The molecule has 8 heteroatoms. The molecule has 3 aromatic rings. The summed E-state index contributed by atoms with van der Waals surface area (Å²) in [6.45, 7) is 2.87. The lowest BCUT2D eigenvalue weighted by Crippen LogP contribution is -2.44. The topological polar surface area (TPSA) is 92.9 Å². The molecule has 166 valence electrons. The Hall–Kier alpha value is -3.52. The highest BCUT2D eigenvalue weighted by Gasteiger charge is 2.23. The molecular formula is C24H25N3O5. The summed E-state index contributed by atoms with van der Waals surface area (Å²) in [6, 6.07) is 12.6. The van der Waals surface area contributed by atoms with Gasteiger partial charge in [0.25, 0.3) is 5.91 Å². The van der Waals surface area contributed by atoms with Crippen molar-refractivity contribution in [1.29, 1.82) is 0 Å². The van der Waals surface area contributed by atoms with Crippen molar-refractivity contribution in [2.24, 2.45) is 0 Å². The van der Waals surface area contributed by atoms with E-state index in [9.17, 15) is 9.59 Å². The molecule has 1 fully saturated rings. The van der Waals surface area contributed by atoms with E-state index in [1.54, 1.807) is 25.3 Å². The number of hydrogen-bond donors (Lipinski definition) is 2. The maximum absolute atomic E-state index is 12.8. The fourth-order valence-corrected chi connectivity index (χ4v) is 4.28. The largest absolute Gasteiger partial charge is 0.497 e. The minimum atomic E-state index is -0.263. The summed E-state index contributed by atoms with van der Waals surface area (Å²) in [7, 11) is 1.56. The molecule has 0 radical (unpaired) electrons. The Bertz CT molecular complexity index is 1210. The van der Waals surface area contributed by atoms with Gasteiger partial charge in [0.05, 0.1) is 12.6 Å². The molecule has 0 saturated carbocycles. The number of hydrogen-bond acceptors (Lipinski definition) is 6. The number of aromatic nitrogens is 1. The van der Waals surface area contributed by atoms with Crippen molar-refractivity contribution < 1.29 is 19.0 Å². The van der Waals surface area contributed by atoms with Crippen molar-refractivity contribution in [1.82, 2.24) is 15.2 Å². The molecule has 2 aromatic carbocycles. The standard InChI is InChI=1S/C24H25N3O5/c1-30-17-3-4-18-19(11-17)26-20(12-21(18)28)24(29)25-16-6-8-27(9-7-16)13-15-2-5-22-23(10-15)32-14-31-22/h2-5,10-12,16H,6-9,13-14H2,1H3,(H,25,29)(H,26,28). The van der Waals surface area contributed by atoms with E-state index in [0.29, 0.717) is 16.7 Å². The van der Waals surface area contributed by atoms with Gasteiger partial charge in [0.1, 0.15) is 11.4 Å². The number of piperidine rings is 1. The van der Waals surface area contributed by atoms with Crippen molar-refractivity contribution in [2.45, 2.75) is 25.4 Å². The monoisotopic (exact) mass is 435 g/mol. The van der Waals surface area contributed by atoms with Crippen molar-refractivity contribution in [3.05, 3.63) is 63.9 Å². The van der Waals surface area contributed by atoms with Gasteiger partial charge < -0.3 is 24.5 Å². The van der Waals surface area contributed by atoms with Crippen LogP contribution in [0, 0.1) is 0 Å². The predicted molar refractivity (Wildman–Crippen MR) is 119 cm³/mol. The number of nitrogens with one attached hydrogen (secondary N) is 2. The molecule has 0 unspecified atom stereocenters. The first-order valence-corrected chi connectivity index (χ1v) is 10.7. The van der Waals surface area contributed by atoms with E-state index in [0.717, 1.165) is 44.0 Å². The molecule has 2 aliphatic rings. The second-order valence-electron chi connectivity index (χ2n) is 8.17. The van der Waals surface area contributed by atoms with Crippen LogP contribution in [0.4, 0.5) is 0 Å². The molecule has 2 aliphatic heterocycles. The number of rotatable bonds is 5. The van der Waals surface area contributed by atoms with Gasteiger partial charge >= 0.3 is 0 Å². The Labute approximate surface area is 185 Å². The first kappa shape index (κ1) is 20.4. The second kappa shape index (κ2) is 8.55. The van der Waals surface area contributed by atoms with Crippen LogP contribution in [-0.2, 0) is 6.54 Å². The van der Waals surface area contributed by atoms with E-state index in [1.165, 1.54) is 11.6 Å². The van der Waals surface area contributed by atoms with Crippen LogP contribution < -0.4 is 25.0 Å². The first-order valence-electron chi connectivity index (χ1n) is 10.7. The lowest BCUT2D eigenvalue weighted by atomic mass is 10.0. The maximum Gasteiger partial charge on any atom is 0.268 e. The van der Waals surface area contributed by atoms with Crippen LogP contribution in [0.5, 0.6) is 17.2 Å². The number of fused-ring (bicyclic) bond motifs is 2. The van der Waals surface area contributed by atoms with Gasteiger partial charge in [-0.25, -0.2) is 0 Å². The summed E-state index contributed by atoms with van der Waals surface area (Å²) in [5.74, 6) is 1.95. The van der Waals surface area contributed by atoms with E-state index < -0.39 is 0 Å². The van der Waals surface area contributed by atoms with Gasteiger partial charge in [-0.15, -0.1) is 0 Å². The smallest absolute Gasteiger partial charge is 0.268 e. The van der Waals surface area contributed by atoms with Gasteiger partial charge in [-0.05, 0) is 42.7 Å². The molecule has 1 amide bonds. The number of aromatic amines is 1. The molecule has 3 heterocycles. The molecular weight excluding hydrogens is 410 g/mol. The summed E-state index contributed by atoms with van der Waals surface area (Å²) in [5.41, 5.74) is 1.84. The number of nitrogens with zero attached hydrogens (tertiary/aromatic N) is 1. The Kier molecular flexibility index (Phi) is 5.45. The molecule has 1 saturated heterocycles. The zero-order valence-corrected chi connectivity index (χ0v) is 17.8. The summed E-state index contributed by atoms with van der Waals surface area (Å²) in [4.78, 5) is 30.6. The van der Waals surface area contributed by atoms with Crippen LogP contribution in [0.3, 0.4) is 0 Å². The third-order valence-electron chi connectivity index (χ3n) is 6.05. The molecule has 8 nitrogen and oxygen atoms in total. The molecule has 32 heavy (non-hydrogen) atoms. The average Bonchev–Trinajstić information content (AvgIpc) is 3.28. The van der Waals surface area contributed by atoms with Crippen LogP contribution >= 0.6 is 0 Å². The molecule has 0 spiro atoms. The highest BCUT2D eigenvalue weighted by atomic mass is 16.7. The number of amides is 1. The van der Waals surface area contributed by atoms with Crippen molar-refractivity contribution in [3.63, 3.8) is 0 Å². The van der Waals surface area contributed by atoms with Gasteiger partial charge in [0.15, 0.2) is 16.9 Å². The number of likely N-dealkylation sites (tertiary alicyclic amines) is 1. The number of pyridine rings is 1. The number of ether oxygens (including phenoxy) is 3. The van der Waals surface area contributed by atoms with E-state index in [-0.39, 0.29) is 29.9 Å². The van der Waals surface area contributed by atoms with Crippen molar-refractivity contribution in [3.8, 4) is 17.2 Å². The predicted octanol–water partition coefficient (Wildman–Crippen LogP) is 2.66. The van der Waals surface area contributed by atoms with Crippen molar-refractivity contribution in [2.75, 3.05) is 27.0 Å². The quantitative estimate of drug-likeness (QED) is 0.640.